The van der Waals surface area contributed by atoms with Crippen molar-refractivity contribution in [2.75, 3.05) is 0 Å². The number of aliphatic hydroxyl groups excluding tert-OH is 1. The van der Waals surface area contributed by atoms with E-state index in [1.165, 1.54) is 6.29 Å². The number of hydrogen-bond donors (Lipinski definition) is 1. The topological polar surface area (TPSA) is 78.2 Å². The number of hydrogen-bond acceptors (Lipinski definition) is 4. The number of aldehydes is 1. The molecule has 0 spiro atoms. The number of Topliss-reactive ketones (excluding diaryl/α,β-unsaturated/α-hetero) is 1. The van der Waals surface area contributed by atoms with Crippen molar-refractivity contribution in [3.8, 4) is 6.07 Å². The van der Waals surface area contributed by atoms with Gasteiger partial charge in [-0.2, -0.15) is 5.26 Å². The van der Waals surface area contributed by atoms with Gasteiger partial charge in [-0.05, 0) is 96.7 Å². The molecular formula is C31H45NO3. The predicted molar refractivity (Wildman–Crippen MR) is 136 cm³/mol. The van der Waals surface area contributed by atoms with Crippen LogP contribution in [0.5, 0.6) is 0 Å². The number of aliphatic hydroxyl groups is 1. The van der Waals surface area contributed by atoms with Crippen molar-refractivity contribution >= 4 is 12.1 Å². The van der Waals surface area contributed by atoms with Crippen LogP contribution in [0.3, 0.4) is 0 Å². The molecule has 0 aliphatic heterocycles. The number of ketones is 1. The number of carbonyl (C=O) groups is 2. The molecule has 35 heavy (non-hydrogen) atoms. The van der Waals surface area contributed by atoms with Crippen LogP contribution in [0.4, 0.5) is 0 Å². The maximum Gasteiger partial charge on any atom is 0.178 e. The van der Waals surface area contributed by atoms with Crippen LogP contribution in [0.1, 0.15) is 99.8 Å². The van der Waals surface area contributed by atoms with Gasteiger partial charge < -0.3 is 9.90 Å². The van der Waals surface area contributed by atoms with Crippen molar-refractivity contribution < 1.29 is 14.7 Å². The van der Waals surface area contributed by atoms with E-state index in [9.17, 15) is 20.0 Å². The highest BCUT2D eigenvalue weighted by molar-refractivity contribution is 6.04. The van der Waals surface area contributed by atoms with Gasteiger partial charge in [-0.1, -0.05) is 54.5 Å². The fraction of sp³-hybridized carbons (Fsp3) is 0.839. The summed E-state index contributed by atoms with van der Waals surface area (Å²) in [5, 5.41) is 21.8. The molecule has 0 saturated heterocycles. The number of rotatable bonds is 1. The van der Waals surface area contributed by atoms with Gasteiger partial charge >= 0.3 is 0 Å². The largest absolute Gasteiger partial charge is 0.393 e. The van der Waals surface area contributed by atoms with Gasteiger partial charge in [0.1, 0.15) is 12.4 Å². The second kappa shape index (κ2) is 7.31. The Kier molecular flexibility index (Phi) is 5.26. The molecule has 4 nitrogen and oxygen atoms in total. The van der Waals surface area contributed by atoms with Crippen LogP contribution >= 0.6 is 0 Å². The van der Waals surface area contributed by atoms with Gasteiger partial charge in [0.2, 0.25) is 0 Å². The Morgan fingerprint density at radius 2 is 1.63 bits per heavy atom. The summed E-state index contributed by atoms with van der Waals surface area (Å²) in [7, 11) is 0. The molecule has 9 atom stereocenters. The predicted octanol–water partition coefficient (Wildman–Crippen LogP) is 6.28. The zero-order valence-electron chi connectivity index (χ0n) is 22.9. The van der Waals surface area contributed by atoms with Gasteiger partial charge in [0.15, 0.2) is 5.78 Å². The number of allylic oxidation sites excluding steroid dienone is 2. The molecule has 0 unspecified atom stereocenters. The van der Waals surface area contributed by atoms with Crippen molar-refractivity contribution in [3.05, 3.63) is 11.6 Å². The summed E-state index contributed by atoms with van der Waals surface area (Å²) in [6, 6.07) is 2.22. The fourth-order valence-electron chi connectivity index (χ4n) is 10.9. The fourth-order valence-corrected chi connectivity index (χ4v) is 10.9. The summed E-state index contributed by atoms with van der Waals surface area (Å²) in [6.45, 7) is 15.8. The Balaban J connectivity index is 1.63. The summed E-state index contributed by atoms with van der Waals surface area (Å²) >= 11 is 0. The number of nitrogens with zero attached hydrogens (tertiary/aromatic N) is 1. The van der Waals surface area contributed by atoms with Gasteiger partial charge in [0, 0.05) is 10.8 Å². The molecule has 0 aromatic rings. The average Bonchev–Trinajstić information content (AvgIpc) is 2.77. The van der Waals surface area contributed by atoms with Crippen molar-refractivity contribution in [1.29, 1.82) is 5.26 Å². The Morgan fingerprint density at radius 3 is 2.26 bits per heavy atom. The third-order valence-electron chi connectivity index (χ3n) is 13.0. The Bertz CT molecular complexity index is 1030. The quantitative estimate of drug-likeness (QED) is 0.449. The van der Waals surface area contributed by atoms with Gasteiger partial charge in [0.05, 0.1) is 11.7 Å². The lowest BCUT2D eigenvalue weighted by atomic mass is 9.31. The van der Waals surface area contributed by atoms with E-state index in [0.717, 1.165) is 44.9 Å². The molecule has 192 valence electrons. The number of nitriles is 1. The number of carbonyl (C=O) groups excluding carboxylic acids is 2. The van der Waals surface area contributed by atoms with E-state index < -0.39 is 11.5 Å². The highest BCUT2D eigenvalue weighted by Gasteiger charge is 2.71. The summed E-state index contributed by atoms with van der Waals surface area (Å²) in [5.41, 5.74) is -0.794. The summed E-state index contributed by atoms with van der Waals surface area (Å²) in [5.74, 6) is 0.664. The lowest BCUT2D eigenvalue weighted by Gasteiger charge is -2.73. The van der Waals surface area contributed by atoms with Crippen molar-refractivity contribution in [3.63, 3.8) is 0 Å². The van der Waals surface area contributed by atoms with Crippen LogP contribution in [0.15, 0.2) is 11.6 Å². The first kappa shape index (κ1) is 25.2. The molecule has 4 fully saturated rings. The van der Waals surface area contributed by atoms with Crippen LogP contribution in [-0.4, -0.2) is 23.3 Å². The minimum Gasteiger partial charge on any atom is -0.393 e. The minimum absolute atomic E-state index is 0.0215. The summed E-state index contributed by atoms with van der Waals surface area (Å²) in [6.07, 6.45) is 10.4. The van der Waals surface area contributed by atoms with Gasteiger partial charge in [-0.25, -0.2) is 0 Å². The van der Waals surface area contributed by atoms with E-state index in [4.69, 9.17) is 0 Å². The smallest absolute Gasteiger partial charge is 0.178 e. The zero-order valence-corrected chi connectivity index (χ0v) is 22.9. The molecule has 0 bridgehead atoms. The molecule has 0 aromatic carbocycles. The lowest BCUT2D eigenvalue weighted by molar-refractivity contribution is -0.255. The van der Waals surface area contributed by atoms with Crippen LogP contribution in [0, 0.1) is 67.5 Å². The zero-order chi connectivity index (χ0) is 25.8. The SMILES string of the molecule is CC1(C)CC[C@]2(C=O)CC[C@]3(C)[C@H]([C@@H](O)C[C@@H]4[C@@]5(C)C=C(C#N)C(=O)C(C)(C)[C@@H]5CC[C@]43C)[C@@H]2C1. The molecule has 4 heteroatoms. The first-order valence-corrected chi connectivity index (χ1v) is 13.9. The minimum atomic E-state index is -0.578. The van der Waals surface area contributed by atoms with E-state index in [-0.39, 0.29) is 56.5 Å². The second-order valence-electron chi connectivity index (χ2n) is 15.2. The monoisotopic (exact) mass is 479 g/mol. The molecule has 0 heterocycles. The average molecular weight is 480 g/mol. The van der Waals surface area contributed by atoms with E-state index >= 15 is 0 Å². The molecular weight excluding hydrogens is 434 g/mol. The first-order valence-electron chi connectivity index (χ1n) is 13.9. The Labute approximate surface area is 211 Å². The van der Waals surface area contributed by atoms with Crippen LogP contribution < -0.4 is 0 Å². The lowest BCUT2D eigenvalue weighted by Crippen LogP contribution is -2.69. The molecule has 0 amide bonds. The van der Waals surface area contributed by atoms with Crippen molar-refractivity contribution in [2.45, 2.75) is 106 Å². The molecule has 0 radical (unpaired) electrons. The third kappa shape index (κ3) is 3.00. The first-order chi connectivity index (χ1) is 16.1. The summed E-state index contributed by atoms with van der Waals surface area (Å²) < 4.78 is 0. The van der Waals surface area contributed by atoms with Crippen molar-refractivity contribution in [1.82, 2.24) is 0 Å². The van der Waals surface area contributed by atoms with Gasteiger partial charge in [-0.3, -0.25) is 4.79 Å². The van der Waals surface area contributed by atoms with E-state index in [2.05, 4.69) is 40.7 Å². The second-order valence-corrected chi connectivity index (χ2v) is 15.2. The van der Waals surface area contributed by atoms with Crippen LogP contribution in [0.2, 0.25) is 0 Å². The normalized spacial score (nSPS) is 52.0. The molecule has 5 aliphatic rings. The Hall–Kier alpha value is -1.47. The highest BCUT2D eigenvalue weighted by Crippen LogP contribution is 2.76. The molecule has 1 N–H and O–H groups in total. The van der Waals surface area contributed by atoms with E-state index in [1.807, 2.05) is 19.9 Å². The molecule has 0 aromatic heterocycles. The molecule has 5 aliphatic carbocycles. The van der Waals surface area contributed by atoms with E-state index in [1.54, 1.807) is 0 Å². The van der Waals surface area contributed by atoms with Gasteiger partial charge in [0.25, 0.3) is 0 Å². The summed E-state index contributed by atoms with van der Waals surface area (Å²) in [4.78, 5) is 25.8. The molecule has 5 rings (SSSR count). The van der Waals surface area contributed by atoms with Crippen LogP contribution in [0.25, 0.3) is 0 Å². The maximum atomic E-state index is 13.2. The third-order valence-corrected chi connectivity index (χ3v) is 13.0. The van der Waals surface area contributed by atoms with Gasteiger partial charge in [-0.15, -0.1) is 0 Å². The molecule has 4 saturated carbocycles. The maximum absolute atomic E-state index is 13.2. The Morgan fingerprint density at radius 1 is 0.971 bits per heavy atom. The van der Waals surface area contributed by atoms with Crippen molar-refractivity contribution in [2.24, 2.45) is 56.2 Å². The highest BCUT2D eigenvalue weighted by atomic mass is 16.3. The standard InChI is InChI=1S/C31H45NO3/c1-26(2)10-12-31(18-33)13-11-30(7)24(20(31)16-26)21(34)14-23-28(5)15-19(17-32)25(35)27(3,4)22(28)8-9-29(23,30)6/h15,18,20-24,34H,8-14,16H2,1-7H3/t20-,21-,22-,23+,24-,28-,29+,30+,31+/m0/s1. The number of fused-ring (bicyclic) bond motifs is 7. The van der Waals surface area contributed by atoms with Crippen LogP contribution in [-0.2, 0) is 9.59 Å². The van der Waals surface area contributed by atoms with E-state index in [0.29, 0.717) is 12.0 Å².